The summed E-state index contributed by atoms with van der Waals surface area (Å²) in [6, 6.07) is 0. The molecule has 0 N–H and O–H groups in total. The third-order valence-electron chi connectivity index (χ3n) is 1.50. The lowest BCUT2D eigenvalue weighted by atomic mass is 10.0. The average Bonchev–Trinajstić information content (AvgIpc) is 1.63. The second-order valence-corrected chi connectivity index (χ2v) is 2.91. The van der Waals surface area contributed by atoms with Crippen molar-refractivity contribution in [3.63, 3.8) is 0 Å². The van der Waals surface area contributed by atoms with Gasteiger partial charge in [0.2, 0.25) is 0 Å². The van der Waals surface area contributed by atoms with Crippen LogP contribution in [0.25, 0.3) is 0 Å². The van der Waals surface area contributed by atoms with Crippen molar-refractivity contribution in [2.75, 3.05) is 20.2 Å². The molecule has 0 aromatic rings. The Morgan fingerprint density at radius 1 is 1.62 bits per heavy atom. The molecule has 0 aromatic carbocycles. The molecule has 1 heterocycles. The van der Waals surface area contributed by atoms with Crippen molar-refractivity contribution in [3.05, 3.63) is 0 Å². The molecule has 1 saturated heterocycles. The van der Waals surface area contributed by atoms with Gasteiger partial charge in [-0.05, 0) is 18.7 Å². The van der Waals surface area contributed by atoms with E-state index in [1.54, 1.807) is 11.5 Å². The van der Waals surface area contributed by atoms with Gasteiger partial charge in [0, 0.05) is 20.2 Å². The Balaban J connectivity index is 2.30. The molecule has 0 unspecified atom stereocenters. The Morgan fingerprint density at radius 3 is 2.25 bits per heavy atom. The van der Waals surface area contributed by atoms with E-state index in [4.69, 9.17) is 16.5 Å². The molecule has 0 atom stereocenters. The van der Waals surface area contributed by atoms with Crippen LogP contribution in [0.1, 0.15) is 6.92 Å². The van der Waals surface area contributed by atoms with Gasteiger partial charge in [-0.1, -0.05) is 0 Å². The highest BCUT2D eigenvalue weighted by molar-refractivity contribution is 6.14. The van der Waals surface area contributed by atoms with Gasteiger partial charge in [0.25, 0.3) is 0 Å². The highest BCUT2D eigenvalue weighted by Crippen LogP contribution is 2.24. The molecule has 8 heavy (non-hydrogen) atoms. The molecule has 0 spiro atoms. The smallest absolute Gasteiger partial charge is 0.0929 e. The molecule has 0 amide bonds. The summed E-state index contributed by atoms with van der Waals surface area (Å²) in [5.41, 5.74) is 0.0295. The number of ether oxygens (including phenoxy) is 1. The van der Waals surface area contributed by atoms with Crippen LogP contribution in [0, 0.1) is 0 Å². The fraction of sp³-hybridized carbons (Fsp3) is 1.00. The van der Waals surface area contributed by atoms with Crippen LogP contribution in [0.2, 0.25) is 0 Å². The van der Waals surface area contributed by atoms with E-state index < -0.39 is 0 Å². The Morgan fingerprint density at radius 2 is 2.12 bits per heavy atom. The van der Waals surface area contributed by atoms with Gasteiger partial charge in [0.05, 0.1) is 5.60 Å². The van der Waals surface area contributed by atoms with Crippen molar-refractivity contribution in [2.45, 2.75) is 12.5 Å². The van der Waals surface area contributed by atoms with Gasteiger partial charge < -0.3 is 4.74 Å². The fourth-order valence-electron chi connectivity index (χ4n) is 0.809. The molecule has 2 nitrogen and oxygen atoms in total. The topological polar surface area (TPSA) is 12.5 Å². The first-order valence-corrected chi connectivity index (χ1v) is 2.96. The third kappa shape index (κ3) is 0.966. The lowest BCUT2D eigenvalue weighted by molar-refractivity contribution is -0.0765. The maximum Gasteiger partial charge on any atom is 0.0929 e. The average molecular weight is 136 g/mol. The van der Waals surface area contributed by atoms with E-state index in [9.17, 15) is 0 Å². The van der Waals surface area contributed by atoms with Gasteiger partial charge >= 0.3 is 0 Å². The van der Waals surface area contributed by atoms with Crippen LogP contribution in [0.4, 0.5) is 0 Å². The molecule has 0 aromatic heterocycles. The summed E-state index contributed by atoms with van der Waals surface area (Å²) in [5, 5.41) is 0. The second-order valence-electron chi connectivity index (χ2n) is 2.43. The number of halogens is 1. The molecule has 48 valence electrons. The van der Waals surface area contributed by atoms with Crippen LogP contribution in [0.3, 0.4) is 0 Å². The van der Waals surface area contributed by atoms with Gasteiger partial charge in [-0.25, -0.2) is 4.42 Å². The number of nitrogens with zero attached hydrogens (tertiary/aromatic N) is 1. The minimum absolute atomic E-state index is 0.0295. The molecule has 0 radical (unpaired) electrons. The Kier molecular flexibility index (Phi) is 1.48. The lowest BCUT2D eigenvalue weighted by Crippen LogP contribution is -2.56. The van der Waals surface area contributed by atoms with Crippen molar-refractivity contribution in [3.8, 4) is 0 Å². The van der Waals surface area contributed by atoms with Gasteiger partial charge in [-0.3, -0.25) is 0 Å². The van der Waals surface area contributed by atoms with E-state index in [0.717, 1.165) is 13.1 Å². The molecule has 0 saturated carbocycles. The third-order valence-corrected chi connectivity index (χ3v) is 1.74. The SMILES string of the molecule is COC1(C)CN(Cl)C1. The quantitative estimate of drug-likeness (QED) is 0.495. The molecule has 0 aliphatic carbocycles. The van der Waals surface area contributed by atoms with E-state index in [2.05, 4.69) is 0 Å². The lowest BCUT2D eigenvalue weighted by Gasteiger charge is -2.42. The zero-order valence-corrected chi connectivity index (χ0v) is 5.90. The largest absolute Gasteiger partial charge is 0.376 e. The summed E-state index contributed by atoms with van der Waals surface area (Å²) in [7, 11) is 1.71. The number of hydrogen-bond acceptors (Lipinski definition) is 2. The van der Waals surface area contributed by atoms with Gasteiger partial charge in [0.1, 0.15) is 0 Å². The number of rotatable bonds is 1. The molecule has 3 heteroatoms. The summed E-state index contributed by atoms with van der Waals surface area (Å²) < 4.78 is 6.83. The molecule has 1 fully saturated rings. The maximum atomic E-state index is 5.57. The minimum atomic E-state index is 0.0295. The van der Waals surface area contributed by atoms with Crippen LogP contribution >= 0.6 is 11.8 Å². The van der Waals surface area contributed by atoms with Crippen LogP contribution in [-0.4, -0.2) is 30.2 Å². The van der Waals surface area contributed by atoms with Crippen molar-refractivity contribution in [1.29, 1.82) is 0 Å². The van der Waals surface area contributed by atoms with Gasteiger partial charge in [-0.2, -0.15) is 0 Å². The first-order chi connectivity index (χ1) is 3.66. The van der Waals surface area contributed by atoms with Crippen molar-refractivity contribution >= 4 is 11.8 Å². The van der Waals surface area contributed by atoms with Gasteiger partial charge in [-0.15, -0.1) is 0 Å². The van der Waals surface area contributed by atoms with Crippen molar-refractivity contribution < 1.29 is 4.74 Å². The normalized spacial score (nSPS) is 27.4. The van der Waals surface area contributed by atoms with Crippen molar-refractivity contribution in [2.24, 2.45) is 0 Å². The number of hydrogen-bond donors (Lipinski definition) is 0. The maximum absolute atomic E-state index is 5.57. The highest BCUT2D eigenvalue weighted by Gasteiger charge is 2.37. The minimum Gasteiger partial charge on any atom is -0.376 e. The molecule has 1 aliphatic rings. The molecule has 1 rings (SSSR count). The van der Waals surface area contributed by atoms with E-state index in [-0.39, 0.29) is 5.60 Å². The van der Waals surface area contributed by atoms with E-state index in [1.807, 2.05) is 6.92 Å². The van der Waals surface area contributed by atoms with Gasteiger partial charge in [0.15, 0.2) is 0 Å². The molecular weight excluding hydrogens is 126 g/mol. The van der Waals surface area contributed by atoms with Crippen LogP contribution in [0.15, 0.2) is 0 Å². The predicted molar refractivity (Wildman–Crippen MR) is 32.8 cm³/mol. The summed E-state index contributed by atoms with van der Waals surface area (Å²) in [4.78, 5) is 0. The Hall–Kier alpha value is 0.210. The Bertz CT molecular complexity index is 90.4. The summed E-state index contributed by atoms with van der Waals surface area (Å²) in [5.74, 6) is 0. The highest BCUT2D eigenvalue weighted by atomic mass is 35.5. The molecular formula is C5H10ClNO. The van der Waals surface area contributed by atoms with E-state index in [0.29, 0.717) is 0 Å². The van der Waals surface area contributed by atoms with Crippen LogP contribution < -0.4 is 0 Å². The monoisotopic (exact) mass is 135 g/mol. The van der Waals surface area contributed by atoms with E-state index >= 15 is 0 Å². The van der Waals surface area contributed by atoms with Crippen LogP contribution in [-0.2, 0) is 4.74 Å². The second kappa shape index (κ2) is 1.87. The zero-order valence-electron chi connectivity index (χ0n) is 5.15. The first-order valence-electron chi connectivity index (χ1n) is 2.62. The standard InChI is InChI=1S/C5H10ClNO/c1-5(8-2)3-7(6)4-5/h3-4H2,1-2H3. The summed E-state index contributed by atoms with van der Waals surface area (Å²) in [6.45, 7) is 3.72. The number of methoxy groups -OCH3 is 1. The fourth-order valence-corrected chi connectivity index (χ4v) is 1.31. The Labute approximate surface area is 54.5 Å². The first kappa shape index (κ1) is 6.33. The molecule has 1 aliphatic heterocycles. The predicted octanol–water partition coefficient (Wildman–Crippen LogP) is 0.861. The zero-order chi connectivity index (χ0) is 6.20. The van der Waals surface area contributed by atoms with E-state index in [1.165, 1.54) is 0 Å². The van der Waals surface area contributed by atoms with Crippen LogP contribution in [0.5, 0.6) is 0 Å². The summed E-state index contributed by atoms with van der Waals surface area (Å²) >= 11 is 5.57. The summed E-state index contributed by atoms with van der Waals surface area (Å²) in [6.07, 6.45) is 0. The molecule has 0 bridgehead atoms. The van der Waals surface area contributed by atoms with Crippen molar-refractivity contribution in [1.82, 2.24) is 4.42 Å².